The van der Waals surface area contributed by atoms with Crippen molar-refractivity contribution in [1.29, 1.82) is 0 Å². The number of hydrogen-bond acceptors (Lipinski definition) is 5. The van der Waals surface area contributed by atoms with E-state index >= 15 is 0 Å². The van der Waals surface area contributed by atoms with Crippen molar-refractivity contribution in [3.8, 4) is 5.75 Å². The molecule has 0 aromatic heterocycles. The minimum absolute atomic E-state index is 0.103. The number of ether oxygens (including phenoxy) is 1. The van der Waals surface area contributed by atoms with Crippen molar-refractivity contribution < 1.29 is 22.7 Å². The number of benzene rings is 2. The molecule has 0 aliphatic carbocycles. The first-order chi connectivity index (χ1) is 16.1. The normalized spacial score (nSPS) is 12.0. The van der Waals surface area contributed by atoms with Crippen molar-refractivity contribution in [3.63, 3.8) is 0 Å². The molecule has 0 fully saturated rings. The molecule has 34 heavy (non-hydrogen) atoms. The highest BCUT2D eigenvalue weighted by atomic mass is 32.2. The number of methoxy groups -OCH3 is 1. The molecule has 0 spiro atoms. The van der Waals surface area contributed by atoms with Gasteiger partial charge in [0.05, 0.1) is 19.1 Å². The van der Waals surface area contributed by atoms with E-state index in [9.17, 15) is 18.0 Å². The number of aryl methyl sites for hydroxylation is 1. The molecule has 9 heteroatoms. The molecule has 2 amide bonds. The first kappa shape index (κ1) is 27.2. The van der Waals surface area contributed by atoms with Gasteiger partial charge in [-0.2, -0.15) is 0 Å². The predicted molar refractivity (Wildman–Crippen MR) is 134 cm³/mol. The smallest absolute Gasteiger partial charge is 0.242 e. The number of carbonyl (C=O) groups is 2. The van der Waals surface area contributed by atoms with Gasteiger partial charge in [0.15, 0.2) is 0 Å². The summed E-state index contributed by atoms with van der Waals surface area (Å²) in [4.78, 5) is 27.3. The Morgan fingerprint density at radius 1 is 1.12 bits per heavy atom. The maximum absolute atomic E-state index is 13.2. The summed E-state index contributed by atoms with van der Waals surface area (Å²) in [5.41, 5.74) is 2.47. The molecule has 0 aliphatic rings. The summed E-state index contributed by atoms with van der Waals surface area (Å²) in [6.07, 6.45) is 1.54. The van der Waals surface area contributed by atoms with Crippen molar-refractivity contribution >= 4 is 27.5 Å². The lowest BCUT2D eigenvalue weighted by Gasteiger charge is -2.29. The summed E-state index contributed by atoms with van der Waals surface area (Å²) in [5, 5.41) is 2.77. The molecule has 1 atom stereocenters. The van der Waals surface area contributed by atoms with Crippen molar-refractivity contribution in [2.45, 2.75) is 46.2 Å². The van der Waals surface area contributed by atoms with Gasteiger partial charge >= 0.3 is 0 Å². The van der Waals surface area contributed by atoms with E-state index in [0.29, 0.717) is 30.9 Å². The SMILES string of the molecule is CCNC(=O)C(C)N(Cc1cccc(C)c1)C(=O)CCCN(c1cccc(OC)c1)S(C)(=O)=O. The van der Waals surface area contributed by atoms with Gasteiger partial charge in [0, 0.05) is 32.1 Å². The summed E-state index contributed by atoms with van der Waals surface area (Å²) in [6, 6.07) is 13.9. The van der Waals surface area contributed by atoms with Crippen LogP contribution in [0.1, 0.15) is 37.8 Å². The Morgan fingerprint density at radius 3 is 2.44 bits per heavy atom. The molecular weight excluding hydrogens is 454 g/mol. The number of likely N-dealkylation sites (N-methyl/N-ethyl adjacent to an activating group) is 1. The molecule has 186 valence electrons. The molecule has 0 bridgehead atoms. The van der Waals surface area contributed by atoms with Crippen LogP contribution in [0.3, 0.4) is 0 Å². The van der Waals surface area contributed by atoms with Crippen molar-refractivity contribution in [2.75, 3.05) is 30.8 Å². The molecule has 0 aliphatic heterocycles. The van der Waals surface area contributed by atoms with Crippen LogP contribution in [-0.2, 0) is 26.2 Å². The second-order valence-electron chi connectivity index (χ2n) is 8.22. The molecule has 0 saturated heterocycles. The Morgan fingerprint density at radius 2 is 1.82 bits per heavy atom. The van der Waals surface area contributed by atoms with E-state index in [4.69, 9.17) is 4.74 Å². The third kappa shape index (κ3) is 7.76. The van der Waals surface area contributed by atoms with Crippen LogP contribution in [0.2, 0.25) is 0 Å². The van der Waals surface area contributed by atoms with Gasteiger partial charge in [-0.25, -0.2) is 8.42 Å². The number of anilines is 1. The Balaban J connectivity index is 2.16. The van der Waals surface area contributed by atoms with Gasteiger partial charge in [-0.05, 0) is 44.9 Å². The fourth-order valence-corrected chi connectivity index (χ4v) is 4.64. The van der Waals surface area contributed by atoms with E-state index in [-0.39, 0.29) is 24.8 Å². The Bertz CT molecular complexity index is 1090. The highest BCUT2D eigenvalue weighted by Gasteiger charge is 2.26. The zero-order chi connectivity index (χ0) is 25.3. The average molecular weight is 490 g/mol. The van der Waals surface area contributed by atoms with Gasteiger partial charge in [-0.15, -0.1) is 0 Å². The lowest BCUT2D eigenvalue weighted by molar-refractivity contribution is -0.140. The van der Waals surface area contributed by atoms with Crippen LogP contribution >= 0.6 is 0 Å². The fraction of sp³-hybridized carbons (Fsp3) is 0.440. The highest BCUT2D eigenvalue weighted by Crippen LogP contribution is 2.24. The zero-order valence-corrected chi connectivity index (χ0v) is 21.4. The maximum Gasteiger partial charge on any atom is 0.242 e. The summed E-state index contributed by atoms with van der Waals surface area (Å²) in [5.74, 6) is 0.110. The van der Waals surface area contributed by atoms with E-state index in [0.717, 1.165) is 17.4 Å². The van der Waals surface area contributed by atoms with E-state index in [1.807, 2.05) is 38.1 Å². The molecular formula is C25H35N3O5S. The van der Waals surface area contributed by atoms with Gasteiger partial charge in [0.2, 0.25) is 21.8 Å². The van der Waals surface area contributed by atoms with Gasteiger partial charge < -0.3 is 15.0 Å². The van der Waals surface area contributed by atoms with Gasteiger partial charge in [-0.1, -0.05) is 35.9 Å². The molecule has 1 N–H and O–H groups in total. The summed E-state index contributed by atoms with van der Waals surface area (Å²) < 4.78 is 31.3. The highest BCUT2D eigenvalue weighted by molar-refractivity contribution is 7.92. The number of sulfonamides is 1. The predicted octanol–water partition coefficient (Wildman–Crippen LogP) is 3.10. The van der Waals surface area contributed by atoms with E-state index in [1.165, 1.54) is 11.4 Å². The van der Waals surface area contributed by atoms with E-state index in [1.54, 1.807) is 36.1 Å². The number of amides is 2. The number of carbonyl (C=O) groups excluding carboxylic acids is 2. The van der Waals surface area contributed by atoms with Crippen LogP contribution in [0.5, 0.6) is 5.75 Å². The molecule has 0 saturated carbocycles. The van der Waals surface area contributed by atoms with Gasteiger partial charge in [0.1, 0.15) is 11.8 Å². The first-order valence-electron chi connectivity index (χ1n) is 11.3. The standard InChI is InChI=1S/C25H35N3O5S/c1-6-26-25(30)20(3)27(18-21-11-7-10-19(2)16-21)24(29)14-9-15-28(34(5,31)32)22-12-8-13-23(17-22)33-4/h7-8,10-13,16-17,20H,6,9,14-15,18H2,1-5H3,(H,26,30). The van der Waals surface area contributed by atoms with Crippen LogP contribution in [0.15, 0.2) is 48.5 Å². The summed E-state index contributed by atoms with van der Waals surface area (Å²) in [6.45, 7) is 6.41. The summed E-state index contributed by atoms with van der Waals surface area (Å²) >= 11 is 0. The molecule has 1 unspecified atom stereocenters. The van der Waals surface area contributed by atoms with Crippen LogP contribution in [-0.4, -0.2) is 57.6 Å². The largest absolute Gasteiger partial charge is 0.497 e. The lowest BCUT2D eigenvalue weighted by Crippen LogP contribution is -2.47. The van der Waals surface area contributed by atoms with Crippen molar-refractivity contribution in [1.82, 2.24) is 10.2 Å². The quantitative estimate of drug-likeness (QED) is 0.494. The van der Waals surface area contributed by atoms with Crippen LogP contribution in [0.25, 0.3) is 0 Å². The third-order valence-electron chi connectivity index (χ3n) is 5.45. The average Bonchev–Trinajstić information content (AvgIpc) is 2.79. The minimum Gasteiger partial charge on any atom is -0.497 e. The third-order valence-corrected chi connectivity index (χ3v) is 6.64. The van der Waals surface area contributed by atoms with E-state index in [2.05, 4.69) is 5.32 Å². The minimum atomic E-state index is -3.56. The fourth-order valence-electron chi connectivity index (χ4n) is 3.68. The maximum atomic E-state index is 13.2. The van der Waals surface area contributed by atoms with Crippen molar-refractivity contribution in [3.05, 3.63) is 59.7 Å². The van der Waals surface area contributed by atoms with Crippen LogP contribution < -0.4 is 14.4 Å². The molecule has 2 rings (SSSR count). The van der Waals surface area contributed by atoms with Gasteiger partial charge in [0.25, 0.3) is 0 Å². The molecule has 8 nitrogen and oxygen atoms in total. The molecule has 2 aromatic carbocycles. The number of hydrogen-bond donors (Lipinski definition) is 1. The topological polar surface area (TPSA) is 96.0 Å². The van der Waals surface area contributed by atoms with Crippen molar-refractivity contribution in [2.24, 2.45) is 0 Å². The van der Waals surface area contributed by atoms with Gasteiger partial charge in [-0.3, -0.25) is 13.9 Å². The number of rotatable bonds is 12. The molecule has 0 radical (unpaired) electrons. The molecule has 0 heterocycles. The van der Waals surface area contributed by atoms with E-state index < -0.39 is 16.1 Å². The van der Waals surface area contributed by atoms with Crippen LogP contribution in [0.4, 0.5) is 5.69 Å². The second kappa shape index (κ2) is 12.4. The number of nitrogens with zero attached hydrogens (tertiary/aromatic N) is 2. The Hall–Kier alpha value is -3.07. The Kier molecular flexibility index (Phi) is 9.92. The summed E-state index contributed by atoms with van der Waals surface area (Å²) in [7, 11) is -2.05. The number of nitrogens with one attached hydrogen (secondary N) is 1. The second-order valence-corrected chi connectivity index (χ2v) is 10.1. The Labute approximate surface area is 202 Å². The van der Waals surface area contributed by atoms with Crippen LogP contribution in [0, 0.1) is 6.92 Å². The molecule has 2 aromatic rings. The first-order valence-corrected chi connectivity index (χ1v) is 13.2. The zero-order valence-electron chi connectivity index (χ0n) is 20.6. The lowest BCUT2D eigenvalue weighted by atomic mass is 10.1. The monoisotopic (exact) mass is 489 g/mol.